The number of para-hydroxylation sites is 2. The molecule has 0 bridgehead atoms. The molecule has 7 rings (SSSR count). The van der Waals surface area contributed by atoms with Crippen molar-refractivity contribution < 1.29 is 4.42 Å². The standard InChI is InChI=1S/C30H19N3OS/c1-2-6-22-18-28-26(17-21(22)5-1)33-30(35-28)20-11-15-24(16-12-20)31-23-13-9-19(10-14-23)29-32-25-7-3-4-8-27(25)34-29/h1-18,31H. The fourth-order valence-electron chi connectivity index (χ4n) is 4.29. The van der Waals surface area contributed by atoms with E-state index in [0.717, 1.165) is 44.1 Å². The number of benzene rings is 5. The molecular weight excluding hydrogens is 450 g/mol. The normalized spacial score (nSPS) is 11.4. The van der Waals surface area contributed by atoms with Crippen molar-refractivity contribution in [2.24, 2.45) is 0 Å². The van der Waals surface area contributed by atoms with Gasteiger partial charge in [-0.25, -0.2) is 9.97 Å². The molecule has 0 amide bonds. The molecule has 0 aliphatic carbocycles. The largest absolute Gasteiger partial charge is 0.436 e. The van der Waals surface area contributed by atoms with Crippen LogP contribution in [0.1, 0.15) is 0 Å². The molecular formula is C30H19N3OS. The van der Waals surface area contributed by atoms with Gasteiger partial charge in [0.2, 0.25) is 5.89 Å². The molecule has 166 valence electrons. The maximum atomic E-state index is 5.88. The maximum Gasteiger partial charge on any atom is 0.227 e. The minimum atomic E-state index is 0.630. The van der Waals surface area contributed by atoms with Crippen LogP contribution in [0.15, 0.2) is 114 Å². The predicted molar refractivity (Wildman–Crippen MR) is 145 cm³/mol. The van der Waals surface area contributed by atoms with Crippen molar-refractivity contribution in [3.05, 3.63) is 109 Å². The summed E-state index contributed by atoms with van der Waals surface area (Å²) in [5.74, 6) is 0.630. The topological polar surface area (TPSA) is 51.0 Å². The van der Waals surface area contributed by atoms with Crippen LogP contribution in [0.4, 0.5) is 11.4 Å². The van der Waals surface area contributed by atoms with Crippen molar-refractivity contribution >= 4 is 54.8 Å². The Labute approximate surface area is 205 Å². The summed E-state index contributed by atoms with van der Waals surface area (Å²) in [7, 11) is 0. The summed E-state index contributed by atoms with van der Waals surface area (Å²) in [4.78, 5) is 9.46. The first-order chi connectivity index (χ1) is 17.3. The molecule has 0 saturated heterocycles. The van der Waals surface area contributed by atoms with E-state index in [2.05, 4.69) is 71.0 Å². The molecule has 2 aromatic heterocycles. The average Bonchev–Trinajstić information content (AvgIpc) is 3.52. The van der Waals surface area contributed by atoms with Crippen LogP contribution in [-0.4, -0.2) is 9.97 Å². The van der Waals surface area contributed by atoms with Gasteiger partial charge in [-0.2, -0.15) is 0 Å². The summed E-state index contributed by atoms with van der Waals surface area (Å²) in [5.41, 5.74) is 6.81. The van der Waals surface area contributed by atoms with E-state index in [-0.39, 0.29) is 0 Å². The fraction of sp³-hybridized carbons (Fsp3) is 0. The van der Waals surface area contributed by atoms with E-state index in [1.165, 1.54) is 15.5 Å². The molecule has 1 N–H and O–H groups in total. The van der Waals surface area contributed by atoms with Crippen molar-refractivity contribution in [2.45, 2.75) is 0 Å². The van der Waals surface area contributed by atoms with Crippen LogP contribution in [0.2, 0.25) is 0 Å². The van der Waals surface area contributed by atoms with Crippen molar-refractivity contribution in [3.63, 3.8) is 0 Å². The Kier molecular flexibility index (Phi) is 4.60. The Hall–Kier alpha value is -4.48. The lowest BCUT2D eigenvalue weighted by molar-refractivity contribution is 0.620. The summed E-state index contributed by atoms with van der Waals surface area (Å²) >= 11 is 1.73. The highest BCUT2D eigenvalue weighted by Gasteiger charge is 2.09. The smallest absolute Gasteiger partial charge is 0.227 e. The number of anilines is 2. The highest BCUT2D eigenvalue weighted by Crippen LogP contribution is 2.34. The second-order valence-electron chi connectivity index (χ2n) is 8.45. The third kappa shape index (κ3) is 3.72. The van der Waals surface area contributed by atoms with Gasteiger partial charge >= 0.3 is 0 Å². The van der Waals surface area contributed by atoms with Crippen molar-refractivity contribution in [1.29, 1.82) is 0 Å². The van der Waals surface area contributed by atoms with E-state index in [4.69, 9.17) is 9.40 Å². The predicted octanol–water partition coefficient (Wildman–Crippen LogP) is 8.67. The number of hydrogen-bond donors (Lipinski definition) is 1. The molecule has 0 atom stereocenters. The zero-order valence-electron chi connectivity index (χ0n) is 18.6. The molecule has 0 spiro atoms. The summed E-state index contributed by atoms with van der Waals surface area (Å²) in [6.45, 7) is 0. The number of thiazole rings is 1. The van der Waals surface area contributed by atoms with Crippen LogP contribution in [0.5, 0.6) is 0 Å². The minimum absolute atomic E-state index is 0.630. The van der Waals surface area contributed by atoms with E-state index in [9.17, 15) is 0 Å². The quantitative estimate of drug-likeness (QED) is 0.280. The first-order valence-corrected chi connectivity index (χ1v) is 12.2. The van der Waals surface area contributed by atoms with Crippen molar-refractivity contribution in [3.8, 4) is 22.0 Å². The zero-order valence-corrected chi connectivity index (χ0v) is 19.4. The fourth-order valence-corrected chi connectivity index (χ4v) is 5.29. The number of aromatic nitrogens is 2. The Morgan fingerprint density at radius 1 is 0.600 bits per heavy atom. The van der Waals surface area contributed by atoms with Gasteiger partial charge in [0.05, 0.1) is 10.2 Å². The summed E-state index contributed by atoms with van der Waals surface area (Å²) < 4.78 is 7.08. The number of rotatable bonds is 4. The van der Waals surface area contributed by atoms with E-state index < -0.39 is 0 Å². The molecule has 0 unspecified atom stereocenters. The Bertz CT molecular complexity index is 1730. The van der Waals surface area contributed by atoms with Gasteiger partial charge in [-0.05, 0) is 83.6 Å². The second kappa shape index (κ2) is 8.08. The summed E-state index contributed by atoms with van der Waals surface area (Å²) in [6.07, 6.45) is 0. The SMILES string of the molecule is c1ccc2cc3sc(-c4ccc(Nc5ccc(-c6nc7ccccc7o6)cc5)cc4)nc3cc2c1. The molecule has 0 radical (unpaired) electrons. The van der Waals surface area contributed by atoms with Gasteiger partial charge in [0.1, 0.15) is 10.5 Å². The lowest BCUT2D eigenvalue weighted by Gasteiger charge is -2.07. The molecule has 0 aliphatic heterocycles. The molecule has 5 heteroatoms. The monoisotopic (exact) mass is 469 g/mol. The first-order valence-electron chi connectivity index (χ1n) is 11.4. The number of nitrogens with one attached hydrogen (secondary N) is 1. The van der Waals surface area contributed by atoms with Crippen LogP contribution < -0.4 is 5.32 Å². The molecule has 5 aromatic carbocycles. The van der Waals surface area contributed by atoms with E-state index >= 15 is 0 Å². The lowest BCUT2D eigenvalue weighted by atomic mass is 10.1. The molecule has 0 fully saturated rings. The van der Waals surface area contributed by atoms with Crippen molar-refractivity contribution in [1.82, 2.24) is 9.97 Å². The van der Waals surface area contributed by atoms with E-state index in [1.54, 1.807) is 11.3 Å². The lowest BCUT2D eigenvalue weighted by Crippen LogP contribution is -1.90. The van der Waals surface area contributed by atoms with E-state index in [0.29, 0.717) is 5.89 Å². The number of oxazole rings is 1. The minimum Gasteiger partial charge on any atom is -0.436 e. The average molecular weight is 470 g/mol. The van der Waals surface area contributed by atoms with E-state index in [1.807, 2.05) is 48.5 Å². The zero-order chi connectivity index (χ0) is 23.2. The molecule has 35 heavy (non-hydrogen) atoms. The Morgan fingerprint density at radius 3 is 2.00 bits per heavy atom. The number of fused-ring (bicyclic) bond motifs is 3. The highest BCUT2D eigenvalue weighted by molar-refractivity contribution is 7.21. The van der Waals surface area contributed by atoms with Gasteiger partial charge in [0.15, 0.2) is 5.58 Å². The Morgan fingerprint density at radius 2 is 1.26 bits per heavy atom. The van der Waals surface area contributed by atoms with Gasteiger partial charge in [0.25, 0.3) is 0 Å². The number of nitrogens with zero attached hydrogens (tertiary/aromatic N) is 2. The molecule has 0 aliphatic rings. The third-order valence-corrected chi connectivity index (χ3v) is 7.17. The van der Waals surface area contributed by atoms with Gasteiger partial charge in [0, 0.05) is 22.5 Å². The van der Waals surface area contributed by atoms with Gasteiger partial charge in [-0.1, -0.05) is 36.4 Å². The van der Waals surface area contributed by atoms with Gasteiger partial charge in [-0.3, -0.25) is 0 Å². The van der Waals surface area contributed by atoms with Crippen LogP contribution in [0, 0.1) is 0 Å². The highest BCUT2D eigenvalue weighted by atomic mass is 32.1. The second-order valence-corrected chi connectivity index (χ2v) is 9.48. The van der Waals surface area contributed by atoms with Gasteiger partial charge < -0.3 is 9.73 Å². The van der Waals surface area contributed by atoms with Crippen LogP contribution in [0.25, 0.3) is 54.1 Å². The van der Waals surface area contributed by atoms with Crippen LogP contribution in [0.3, 0.4) is 0 Å². The first kappa shape index (κ1) is 19.9. The molecule has 7 aromatic rings. The molecule has 0 saturated carbocycles. The Balaban J connectivity index is 1.11. The van der Waals surface area contributed by atoms with Gasteiger partial charge in [-0.15, -0.1) is 11.3 Å². The summed E-state index contributed by atoms with van der Waals surface area (Å²) in [5, 5.41) is 6.97. The third-order valence-electron chi connectivity index (χ3n) is 6.10. The van der Waals surface area contributed by atoms with Crippen LogP contribution >= 0.6 is 11.3 Å². The number of hydrogen-bond acceptors (Lipinski definition) is 5. The summed E-state index contributed by atoms with van der Waals surface area (Å²) in [6, 6.07) is 37.2. The van der Waals surface area contributed by atoms with Crippen LogP contribution in [-0.2, 0) is 0 Å². The molecule has 4 nitrogen and oxygen atoms in total. The molecule has 2 heterocycles. The maximum absolute atomic E-state index is 5.88. The van der Waals surface area contributed by atoms with Crippen molar-refractivity contribution in [2.75, 3.05) is 5.32 Å².